The fraction of sp³-hybridized carbons (Fsp3) is 0.455. The minimum atomic E-state index is -0.176. The van der Waals surface area contributed by atoms with E-state index in [2.05, 4.69) is 12.7 Å². The topological polar surface area (TPSA) is 20.2 Å². The zero-order valence-electron chi connectivity index (χ0n) is 7.74. The van der Waals surface area contributed by atoms with E-state index in [1.807, 2.05) is 25.2 Å². The molecular weight excluding hydrogens is 148 g/mol. The SMILES string of the molecule is C=CC=CCC=CCC(O)CC. The Morgan fingerprint density at radius 3 is 2.67 bits per heavy atom. The molecule has 0 spiro atoms. The summed E-state index contributed by atoms with van der Waals surface area (Å²) in [7, 11) is 0. The van der Waals surface area contributed by atoms with Crippen LogP contribution in [0.4, 0.5) is 0 Å². The normalized spacial score (nSPS) is 14.2. The average Bonchev–Trinajstić information content (AvgIpc) is 2.10. The number of rotatable bonds is 6. The van der Waals surface area contributed by atoms with E-state index < -0.39 is 0 Å². The summed E-state index contributed by atoms with van der Waals surface area (Å²) in [5.41, 5.74) is 0. The highest BCUT2D eigenvalue weighted by atomic mass is 16.3. The number of aliphatic hydroxyl groups is 1. The standard InChI is InChI=1S/C11H18O/c1-3-5-6-7-8-9-10-11(12)4-2/h3,5-6,8-9,11-12H,1,4,7,10H2,2H3. The van der Waals surface area contributed by atoms with Gasteiger partial charge in [-0.2, -0.15) is 0 Å². The van der Waals surface area contributed by atoms with Crippen LogP contribution in [0.3, 0.4) is 0 Å². The van der Waals surface area contributed by atoms with E-state index >= 15 is 0 Å². The molecule has 0 aliphatic rings. The molecule has 1 unspecified atom stereocenters. The molecule has 0 saturated carbocycles. The predicted molar refractivity (Wildman–Crippen MR) is 54.0 cm³/mol. The minimum absolute atomic E-state index is 0.176. The Labute approximate surface area is 75.1 Å². The predicted octanol–water partition coefficient (Wildman–Crippen LogP) is 2.84. The van der Waals surface area contributed by atoms with Gasteiger partial charge in [-0.25, -0.2) is 0 Å². The zero-order valence-corrected chi connectivity index (χ0v) is 7.74. The lowest BCUT2D eigenvalue weighted by molar-refractivity contribution is 0.173. The molecule has 0 heterocycles. The van der Waals surface area contributed by atoms with E-state index in [1.165, 1.54) is 0 Å². The van der Waals surface area contributed by atoms with Crippen molar-refractivity contribution >= 4 is 0 Å². The highest BCUT2D eigenvalue weighted by Crippen LogP contribution is 1.98. The van der Waals surface area contributed by atoms with Crippen LogP contribution in [-0.2, 0) is 0 Å². The molecular formula is C11H18O. The summed E-state index contributed by atoms with van der Waals surface area (Å²) in [4.78, 5) is 0. The first kappa shape index (κ1) is 11.2. The van der Waals surface area contributed by atoms with Crippen molar-refractivity contribution in [3.63, 3.8) is 0 Å². The van der Waals surface area contributed by atoms with Gasteiger partial charge in [-0.05, 0) is 19.3 Å². The fourth-order valence-corrected chi connectivity index (χ4v) is 0.770. The van der Waals surface area contributed by atoms with Crippen molar-refractivity contribution in [2.24, 2.45) is 0 Å². The molecule has 0 aromatic carbocycles. The Hall–Kier alpha value is -0.820. The summed E-state index contributed by atoms with van der Waals surface area (Å²) in [6, 6.07) is 0. The van der Waals surface area contributed by atoms with Crippen molar-refractivity contribution in [1.82, 2.24) is 0 Å². The van der Waals surface area contributed by atoms with E-state index in [0.717, 1.165) is 19.3 Å². The third kappa shape index (κ3) is 7.29. The van der Waals surface area contributed by atoms with Gasteiger partial charge in [0.25, 0.3) is 0 Å². The molecule has 0 saturated heterocycles. The van der Waals surface area contributed by atoms with Crippen LogP contribution in [0.25, 0.3) is 0 Å². The second kappa shape index (κ2) is 8.28. The van der Waals surface area contributed by atoms with Crippen LogP contribution >= 0.6 is 0 Å². The fourth-order valence-electron chi connectivity index (χ4n) is 0.770. The molecule has 1 heteroatoms. The second-order valence-electron chi connectivity index (χ2n) is 2.67. The van der Waals surface area contributed by atoms with E-state index in [-0.39, 0.29) is 6.10 Å². The molecule has 0 rings (SSSR count). The highest BCUT2D eigenvalue weighted by Gasteiger charge is 1.93. The first-order valence-electron chi connectivity index (χ1n) is 4.41. The van der Waals surface area contributed by atoms with Gasteiger partial charge in [0.2, 0.25) is 0 Å². The monoisotopic (exact) mass is 166 g/mol. The maximum Gasteiger partial charge on any atom is 0.0572 e. The molecule has 0 bridgehead atoms. The van der Waals surface area contributed by atoms with Gasteiger partial charge in [-0.1, -0.05) is 43.9 Å². The molecule has 12 heavy (non-hydrogen) atoms. The van der Waals surface area contributed by atoms with Crippen LogP contribution in [0, 0.1) is 0 Å². The molecule has 1 atom stereocenters. The van der Waals surface area contributed by atoms with Crippen molar-refractivity contribution < 1.29 is 5.11 Å². The summed E-state index contributed by atoms with van der Waals surface area (Å²) in [5.74, 6) is 0. The van der Waals surface area contributed by atoms with E-state index in [9.17, 15) is 5.11 Å². The quantitative estimate of drug-likeness (QED) is 0.475. The molecule has 68 valence electrons. The van der Waals surface area contributed by atoms with Crippen molar-refractivity contribution in [3.05, 3.63) is 37.0 Å². The van der Waals surface area contributed by atoms with Crippen LogP contribution in [0.15, 0.2) is 37.0 Å². The van der Waals surface area contributed by atoms with Gasteiger partial charge in [0, 0.05) is 0 Å². The van der Waals surface area contributed by atoms with Crippen molar-refractivity contribution in [3.8, 4) is 0 Å². The summed E-state index contributed by atoms with van der Waals surface area (Å²) < 4.78 is 0. The molecule has 1 N–H and O–H groups in total. The molecule has 1 nitrogen and oxygen atoms in total. The Balaban J connectivity index is 3.36. The summed E-state index contributed by atoms with van der Waals surface area (Å²) in [6.07, 6.45) is 12.1. The minimum Gasteiger partial charge on any atom is -0.393 e. The number of aliphatic hydroxyl groups excluding tert-OH is 1. The van der Waals surface area contributed by atoms with Crippen molar-refractivity contribution in [1.29, 1.82) is 0 Å². The van der Waals surface area contributed by atoms with Crippen LogP contribution in [0.5, 0.6) is 0 Å². The maximum absolute atomic E-state index is 9.18. The van der Waals surface area contributed by atoms with Crippen LogP contribution in [-0.4, -0.2) is 11.2 Å². The summed E-state index contributed by atoms with van der Waals surface area (Å²) in [6.45, 7) is 5.55. The highest BCUT2D eigenvalue weighted by molar-refractivity contribution is 5.01. The lowest BCUT2D eigenvalue weighted by Gasteiger charge is -2.00. The summed E-state index contributed by atoms with van der Waals surface area (Å²) in [5, 5.41) is 9.18. The van der Waals surface area contributed by atoms with Crippen LogP contribution < -0.4 is 0 Å². The number of allylic oxidation sites excluding steroid dienone is 4. The number of hydrogen-bond acceptors (Lipinski definition) is 1. The molecule has 0 amide bonds. The van der Waals surface area contributed by atoms with E-state index in [1.54, 1.807) is 6.08 Å². The Morgan fingerprint density at radius 1 is 1.33 bits per heavy atom. The lowest BCUT2D eigenvalue weighted by atomic mass is 10.2. The molecule has 0 fully saturated rings. The van der Waals surface area contributed by atoms with Crippen molar-refractivity contribution in [2.45, 2.75) is 32.3 Å². The summed E-state index contributed by atoms with van der Waals surface area (Å²) >= 11 is 0. The second-order valence-corrected chi connectivity index (χ2v) is 2.67. The smallest absolute Gasteiger partial charge is 0.0572 e. The van der Waals surface area contributed by atoms with Gasteiger partial charge in [0.05, 0.1) is 6.10 Å². The molecule has 0 aromatic rings. The van der Waals surface area contributed by atoms with Gasteiger partial charge in [0.15, 0.2) is 0 Å². The molecule has 0 aliphatic heterocycles. The molecule has 0 aromatic heterocycles. The largest absolute Gasteiger partial charge is 0.393 e. The third-order valence-corrected chi connectivity index (χ3v) is 1.59. The van der Waals surface area contributed by atoms with Gasteiger partial charge >= 0.3 is 0 Å². The molecule has 0 radical (unpaired) electrons. The first-order valence-corrected chi connectivity index (χ1v) is 4.41. The van der Waals surface area contributed by atoms with Crippen LogP contribution in [0.2, 0.25) is 0 Å². The van der Waals surface area contributed by atoms with Gasteiger partial charge in [0.1, 0.15) is 0 Å². The van der Waals surface area contributed by atoms with Gasteiger partial charge in [-0.3, -0.25) is 0 Å². The number of hydrogen-bond donors (Lipinski definition) is 1. The Bertz CT molecular complexity index is 156. The lowest BCUT2D eigenvalue weighted by Crippen LogP contribution is -2.00. The zero-order chi connectivity index (χ0) is 9.23. The average molecular weight is 166 g/mol. The van der Waals surface area contributed by atoms with Gasteiger partial charge < -0.3 is 5.11 Å². The van der Waals surface area contributed by atoms with Crippen LogP contribution in [0.1, 0.15) is 26.2 Å². The Kier molecular flexibility index (Phi) is 7.71. The van der Waals surface area contributed by atoms with E-state index in [4.69, 9.17) is 0 Å². The molecule has 0 aliphatic carbocycles. The van der Waals surface area contributed by atoms with Gasteiger partial charge in [-0.15, -0.1) is 0 Å². The van der Waals surface area contributed by atoms with E-state index in [0.29, 0.717) is 0 Å². The first-order chi connectivity index (χ1) is 5.81. The third-order valence-electron chi connectivity index (χ3n) is 1.59. The Morgan fingerprint density at radius 2 is 2.08 bits per heavy atom. The van der Waals surface area contributed by atoms with Crippen molar-refractivity contribution in [2.75, 3.05) is 0 Å². The maximum atomic E-state index is 9.18.